The van der Waals surface area contributed by atoms with Crippen LogP contribution in [0, 0.1) is 12.7 Å². The zero-order chi connectivity index (χ0) is 15.4. The van der Waals surface area contributed by atoms with Crippen molar-refractivity contribution in [3.63, 3.8) is 0 Å². The Morgan fingerprint density at radius 2 is 2.14 bits per heavy atom. The van der Waals surface area contributed by atoms with Crippen LogP contribution >= 0.6 is 0 Å². The molecule has 0 aliphatic carbocycles. The molecule has 0 fully saturated rings. The number of nitrogens with zero attached hydrogens (tertiary/aromatic N) is 2. The molecule has 0 radical (unpaired) electrons. The Kier molecular flexibility index (Phi) is 4.96. The molecule has 0 bridgehead atoms. The highest BCUT2D eigenvalue weighted by atomic mass is 19.1. The van der Waals surface area contributed by atoms with Crippen molar-refractivity contribution in [1.29, 1.82) is 0 Å². The molecule has 2 atom stereocenters. The smallest absolute Gasteiger partial charge is 0.123 e. The number of benzene rings is 1. The Morgan fingerprint density at radius 1 is 1.38 bits per heavy atom. The van der Waals surface area contributed by atoms with E-state index in [1.807, 2.05) is 24.0 Å². The Labute approximate surface area is 124 Å². The average Bonchev–Trinajstić information content (AvgIpc) is 2.90. The fourth-order valence-corrected chi connectivity index (χ4v) is 2.21. The third-order valence-electron chi connectivity index (χ3n) is 3.73. The van der Waals surface area contributed by atoms with Gasteiger partial charge in [-0.15, -0.1) is 0 Å². The molecule has 114 valence electrons. The standard InChI is InChI=1S/C16H22FN3O/c1-11-8-19-20(10-11)13(3)12(2)18-9-14-7-15(17)5-6-16(14)21-4/h5-8,10,12-13,18H,9H2,1-4H3. The van der Waals surface area contributed by atoms with Crippen LogP contribution in [0.3, 0.4) is 0 Å². The second-order valence-electron chi connectivity index (χ2n) is 5.36. The summed E-state index contributed by atoms with van der Waals surface area (Å²) in [6.45, 7) is 6.76. The van der Waals surface area contributed by atoms with Crippen LogP contribution in [0.4, 0.5) is 4.39 Å². The Bertz CT molecular complexity index is 597. The number of rotatable bonds is 6. The normalized spacial score (nSPS) is 14.0. The van der Waals surface area contributed by atoms with Gasteiger partial charge in [0.05, 0.1) is 19.3 Å². The fourth-order valence-electron chi connectivity index (χ4n) is 2.21. The van der Waals surface area contributed by atoms with Gasteiger partial charge in [-0.1, -0.05) is 0 Å². The molecular weight excluding hydrogens is 269 g/mol. The molecule has 0 amide bonds. The lowest BCUT2D eigenvalue weighted by Gasteiger charge is -2.22. The minimum absolute atomic E-state index is 0.192. The molecule has 0 aliphatic rings. The van der Waals surface area contributed by atoms with Gasteiger partial charge in [0.1, 0.15) is 11.6 Å². The first kappa shape index (κ1) is 15.5. The molecule has 2 aromatic rings. The van der Waals surface area contributed by atoms with Crippen molar-refractivity contribution in [2.75, 3.05) is 7.11 Å². The maximum atomic E-state index is 13.3. The monoisotopic (exact) mass is 291 g/mol. The molecule has 4 nitrogen and oxygen atoms in total. The quantitative estimate of drug-likeness (QED) is 0.889. The SMILES string of the molecule is COc1ccc(F)cc1CNC(C)C(C)n1cc(C)cn1. The van der Waals surface area contributed by atoms with Gasteiger partial charge in [0, 0.05) is 24.3 Å². The zero-order valence-corrected chi connectivity index (χ0v) is 12.9. The fraction of sp³-hybridized carbons (Fsp3) is 0.438. The molecule has 5 heteroatoms. The van der Waals surface area contributed by atoms with Gasteiger partial charge in [-0.2, -0.15) is 5.10 Å². The lowest BCUT2D eigenvalue weighted by atomic mass is 10.1. The van der Waals surface area contributed by atoms with Gasteiger partial charge < -0.3 is 10.1 Å². The van der Waals surface area contributed by atoms with Gasteiger partial charge >= 0.3 is 0 Å². The summed E-state index contributed by atoms with van der Waals surface area (Å²) in [4.78, 5) is 0. The van der Waals surface area contributed by atoms with Crippen molar-refractivity contribution >= 4 is 0 Å². The van der Waals surface area contributed by atoms with Crippen molar-refractivity contribution in [2.24, 2.45) is 0 Å². The number of halogens is 1. The largest absolute Gasteiger partial charge is 0.496 e. The first-order valence-electron chi connectivity index (χ1n) is 7.08. The van der Waals surface area contributed by atoms with Crippen LogP contribution in [-0.4, -0.2) is 22.9 Å². The summed E-state index contributed by atoms with van der Waals surface area (Å²) >= 11 is 0. The van der Waals surface area contributed by atoms with Crippen LogP contribution in [0.25, 0.3) is 0 Å². The van der Waals surface area contributed by atoms with E-state index in [9.17, 15) is 4.39 Å². The molecule has 0 spiro atoms. The second kappa shape index (κ2) is 6.72. The van der Waals surface area contributed by atoms with E-state index >= 15 is 0 Å². The predicted octanol–water partition coefficient (Wildman–Crippen LogP) is 3.08. The van der Waals surface area contributed by atoms with Crippen molar-refractivity contribution in [2.45, 2.75) is 39.4 Å². The lowest BCUT2D eigenvalue weighted by Crippen LogP contribution is -2.33. The summed E-state index contributed by atoms with van der Waals surface area (Å²) in [6, 6.07) is 4.95. The van der Waals surface area contributed by atoms with Crippen molar-refractivity contribution < 1.29 is 9.13 Å². The number of ether oxygens (including phenoxy) is 1. The van der Waals surface area contributed by atoms with E-state index in [0.29, 0.717) is 12.3 Å². The zero-order valence-electron chi connectivity index (χ0n) is 12.9. The summed E-state index contributed by atoms with van der Waals surface area (Å²) < 4.78 is 20.5. The maximum absolute atomic E-state index is 13.3. The summed E-state index contributed by atoms with van der Waals surface area (Å²) in [5.41, 5.74) is 1.95. The Morgan fingerprint density at radius 3 is 2.76 bits per heavy atom. The van der Waals surface area contributed by atoms with Gasteiger partial charge in [-0.25, -0.2) is 4.39 Å². The number of aryl methyl sites for hydroxylation is 1. The van der Waals surface area contributed by atoms with Crippen LogP contribution in [0.1, 0.15) is 31.0 Å². The van der Waals surface area contributed by atoms with E-state index < -0.39 is 0 Å². The molecule has 1 heterocycles. The van der Waals surface area contributed by atoms with Gasteiger partial charge in [0.15, 0.2) is 0 Å². The first-order valence-corrected chi connectivity index (χ1v) is 7.08. The molecule has 1 N–H and O–H groups in total. The highest BCUT2D eigenvalue weighted by Crippen LogP contribution is 2.20. The first-order chi connectivity index (χ1) is 10.0. The minimum atomic E-state index is -0.254. The highest BCUT2D eigenvalue weighted by Gasteiger charge is 2.15. The second-order valence-corrected chi connectivity index (χ2v) is 5.36. The lowest BCUT2D eigenvalue weighted by molar-refractivity contribution is 0.359. The van der Waals surface area contributed by atoms with Gasteiger partial charge in [-0.3, -0.25) is 4.68 Å². The van der Waals surface area contributed by atoms with Crippen LogP contribution in [0.2, 0.25) is 0 Å². The van der Waals surface area contributed by atoms with Crippen molar-refractivity contribution in [3.05, 3.63) is 47.5 Å². The molecule has 2 rings (SSSR count). The van der Waals surface area contributed by atoms with E-state index in [-0.39, 0.29) is 17.9 Å². The molecule has 0 aliphatic heterocycles. The topological polar surface area (TPSA) is 39.1 Å². The molecule has 2 unspecified atom stereocenters. The van der Waals surface area contributed by atoms with E-state index in [2.05, 4.69) is 24.3 Å². The van der Waals surface area contributed by atoms with Gasteiger partial charge in [0.2, 0.25) is 0 Å². The van der Waals surface area contributed by atoms with E-state index in [1.165, 1.54) is 12.1 Å². The van der Waals surface area contributed by atoms with Crippen LogP contribution in [-0.2, 0) is 6.54 Å². The van der Waals surface area contributed by atoms with E-state index in [1.54, 1.807) is 13.2 Å². The third-order valence-corrected chi connectivity index (χ3v) is 3.73. The Hall–Kier alpha value is -1.88. The predicted molar refractivity (Wildman–Crippen MR) is 80.9 cm³/mol. The van der Waals surface area contributed by atoms with Gasteiger partial charge in [-0.05, 0) is 44.5 Å². The van der Waals surface area contributed by atoms with Crippen LogP contribution < -0.4 is 10.1 Å². The number of nitrogens with one attached hydrogen (secondary N) is 1. The highest BCUT2D eigenvalue weighted by molar-refractivity contribution is 5.33. The molecule has 0 saturated heterocycles. The van der Waals surface area contributed by atoms with E-state index in [4.69, 9.17) is 4.74 Å². The molecular formula is C16H22FN3O. The number of hydrogen-bond donors (Lipinski definition) is 1. The van der Waals surface area contributed by atoms with Crippen molar-refractivity contribution in [3.8, 4) is 5.75 Å². The van der Waals surface area contributed by atoms with Crippen LogP contribution in [0.15, 0.2) is 30.6 Å². The summed E-state index contributed by atoms with van der Waals surface area (Å²) in [7, 11) is 1.59. The summed E-state index contributed by atoms with van der Waals surface area (Å²) in [5.74, 6) is 0.440. The number of aromatic nitrogens is 2. The van der Waals surface area contributed by atoms with Crippen LogP contribution in [0.5, 0.6) is 5.75 Å². The molecule has 0 saturated carbocycles. The molecule has 1 aromatic heterocycles. The Balaban J connectivity index is 2.00. The molecule has 21 heavy (non-hydrogen) atoms. The van der Waals surface area contributed by atoms with Gasteiger partial charge in [0.25, 0.3) is 0 Å². The summed E-state index contributed by atoms with van der Waals surface area (Å²) in [6.07, 6.45) is 3.87. The minimum Gasteiger partial charge on any atom is -0.496 e. The summed E-state index contributed by atoms with van der Waals surface area (Å²) in [5, 5.41) is 7.73. The number of hydrogen-bond acceptors (Lipinski definition) is 3. The van der Waals surface area contributed by atoms with Crippen molar-refractivity contribution in [1.82, 2.24) is 15.1 Å². The number of methoxy groups -OCH3 is 1. The maximum Gasteiger partial charge on any atom is 0.123 e. The molecule has 1 aromatic carbocycles. The van der Waals surface area contributed by atoms with E-state index in [0.717, 1.165) is 11.1 Å². The average molecular weight is 291 g/mol. The third kappa shape index (κ3) is 3.82.